The fourth-order valence-electron chi connectivity index (χ4n) is 16.3. The molecule has 0 aliphatic heterocycles. The number of hydrogen-bond acceptors (Lipinski definition) is 4. The summed E-state index contributed by atoms with van der Waals surface area (Å²) in [5, 5.41) is 0.587. The average Bonchev–Trinajstić information content (AvgIpc) is 3.60. The van der Waals surface area contributed by atoms with Gasteiger partial charge in [0.2, 0.25) is 8.38 Å². The molecule has 0 saturated heterocycles. The highest BCUT2D eigenvalue weighted by molar-refractivity contribution is 7.61. The van der Waals surface area contributed by atoms with E-state index < -0.39 is 16.8 Å². The molecule has 7 aliphatic rings. The Labute approximate surface area is 431 Å². The van der Waals surface area contributed by atoms with Gasteiger partial charge in [0.15, 0.2) is 8.38 Å². The second-order valence-electron chi connectivity index (χ2n) is 23.9. The van der Waals surface area contributed by atoms with Crippen LogP contribution in [0.4, 0.5) is 0 Å². The van der Waals surface area contributed by atoms with Gasteiger partial charge >= 0.3 is 0 Å². The first-order valence-electron chi connectivity index (χ1n) is 28.4. The van der Waals surface area contributed by atoms with Crippen LogP contribution in [0.25, 0.3) is 66.8 Å². The minimum Gasteiger partial charge on any atom is -0.347 e. The molecular formula is C66H74O4P2. The molecule has 6 aromatic carbocycles. The van der Waals surface area contributed by atoms with Crippen molar-refractivity contribution < 1.29 is 19.6 Å². The van der Waals surface area contributed by atoms with Gasteiger partial charge in [-0.3, -0.25) is 0 Å². The Morgan fingerprint density at radius 1 is 0.319 bits per heavy atom. The van der Waals surface area contributed by atoms with Crippen LogP contribution < -0.4 is 10.6 Å². The zero-order valence-electron chi connectivity index (χ0n) is 43.3. The van der Waals surface area contributed by atoms with Crippen LogP contribution >= 0.6 is 16.8 Å². The SMILES string of the molecule is Cc1cc2c(c(C3CCCCC3)c1)-c1c3c(c4c(c1-c1c(cc(C)cc1C1CCCCC1)C2)-c1c(cc(C)cc1C1CCCCC1)Cc1cc(C)cc(C2CCCCC2)c1-4)-c1c-3ccc(P(O)O)c1P(O)O. The molecule has 372 valence electrons. The maximum absolute atomic E-state index is 11.8. The normalized spacial score (nSPS) is 19.0. The maximum Gasteiger partial charge on any atom is 0.201 e. The summed E-state index contributed by atoms with van der Waals surface area (Å²) >= 11 is 0. The highest BCUT2D eigenvalue weighted by Gasteiger charge is 2.45. The molecule has 0 spiro atoms. The van der Waals surface area contributed by atoms with E-state index in [9.17, 15) is 19.6 Å². The zero-order valence-corrected chi connectivity index (χ0v) is 45.1. The molecule has 6 heteroatoms. The highest BCUT2D eigenvalue weighted by Crippen LogP contribution is 2.68. The van der Waals surface area contributed by atoms with Gasteiger partial charge in [-0.05, 0) is 222 Å². The molecule has 4 fully saturated rings. The lowest BCUT2D eigenvalue weighted by molar-refractivity contribution is 0.444. The summed E-state index contributed by atoms with van der Waals surface area (Å²) in [6, 6.07) is 24.4. The summed E-state index contributed by atoms with van der Waals surface area (Å²) < 4.78 is 0. The van der Waals surface area contributed by atoms with E-state index >= 15 is 0 Å². The molecule has 0 amide bonds. The molecule has 4 nitrogen and oxygen atoms in total. The minimum atomic E-state index is -2.70. The molecule has 0 unspecified atom stereocenters. The summed E-state index contributed by atoms with van der Waals surface area (Å²) in [6.07, 6.45) is 26.5. The number of benzene rings is 6. The van der Waals surface area contributed by atoms with E-state index in [1.54, 1.807) is 5.56 Å². The van der Waals surface area contributed by atoms with E-state index in [1.807, 2.05) is 6.07 Å². The molecule has 13 rings (SSSR count). The summed E-state index contributed by atoms with van der Waals surface area (Å²) in [7, 11) is -5.31. The first-order chi connectivity index (χ1) is 35.0. The van der Waals surface area contributed by atoms with E-state index in [4.69, 9.17) is 0 Å². The molecular weight excluding hydrogens is 919 g/mol. The van der Waals surface area contributed by atoms with E-state index in [0.29, 0.717) is 29.0 Å². The molecule has 4 N–H and O–H groups in total. The Hall–Kier alpha value is -3.98. The molecule has 7 aliphatic carbocycles. The number of aryl methyl sites for hydroxylation is 4. The third-order valence-electron chi connectivity index (χ3n) is 19.1. The van der Waals surface area contributed by atoms with Gasteiger partial charge in [0.05, 0.1) is 5.30 Å². The predicted molar refractivity (Wildman–Crippen MR) is 302 cm³/mol. The summed E-state index contributed by atoms with van der Waals surface area (Å²) in [5.74, 6) is 1.79. The van der Waals surface area contributed by atoms with Crippen molar-refractivity contribution in [3.63, 3.8) is 0 Å². The van der Waals surface area contributed by atoms with Gasteiger partial charge in [-0.1, -0.05) is 154 Å². The van der Waals surface area contributed by atoms with E-state index in [1.165, 1.54) is 240 Å². The molecule has 0 atom stereocenters. The van der Waals surface area contributed by atoms with Crippen molar-refractivity contribution in [2.75, 3.05) is 0 Å². The lowest BCUT2D eigenvalue weighted by atomic mass is 9.64. The van der Waals surface area contributed by atoms with Crippen LogP contribution in [0, 0.1) is 27.7 Å². The first kappa shape index (κ1) is 47.7. The number of rotatable bonds is 6. The van der Waals surface area contributed by atoms with Gasteiger partial charge in [0, 0.05) is 16.4 Å². The lowest BCUT2D eigenvalue weighted by Gasteiger charge is -2.39. The van der Waals surface area contributed by atoms with Crippen LogP contribution in [0.3, 0.4) is 0 Å². The van der Waals surface area contributed by atoms with Crippen molar-refractivity contribution in [2.24, 2.45) is 0 Å². The monoisotopic (exact) mass is 993 g/mol. The predicted octanol–water partition coefficient (Wildman–Crippen LogP) is 17.1. The van der Waals surface area contributed by atoms with Crippen LogP contribution in [0.2, 0.25) is 0 Å². The summed E-state index contributed by atoms with van der Waals surface area (Å²) in [6.45, 7) is 9.33. The quantitative estimate of drug-likeness (QED) is 0.125. The highest BCUT2D eigenvalue weighted by atomic mass is 31.2. The second-order valence-corrected chi connectivity index (χ2v) is 26.0. The smallest absolute Gasteiger partial charge is 0.201 e. The second kappa shape index (κ2) is 19.0. The van der Waals surface area contributed by atoms with Gasteiger partial charge in [-0.15, -0.1) is 0 Å². The van der Waals surface area contributed by atoms with Crippen molar-refractivity contribution in [1.29, 1.82) is 0 Å². The summed E-state index contributed by atoms with van der Waals surface area (Å²) in [5.41, 5.74) is 32.5. The maximum atomic E-state index is 11.8. The van der Waals surface area contributed by atoms with Crippen molar-refractivity contribution in [3.05, 3.63) is 127 Å². The van der Waals surface area contributed by atoms with Gasteiger partial charge in [0.1, 0.15) is 0 Å². The third kappa shape index (κ3) is 7.81. The summed E-state index contributed by atoms with van der Waals surface area (Å²) in [4.78, 5) is 46.1. The molecule has 0 radical (unpaired) electrons. The minimum absolute atomic E-state index is 0.262. The Balaban J connectivity index is 1.31. The molecule has 72 heavy (non-hydrogen) atoms. The van der Waals surface area contributed by atoms with Gasteiger partial charge in [-0.25, -0.2) is 0 Å². The van der Waals surface area contributed by atoms with Crippen LogP contribution in [-0.4, -0.2) is 19.6 Å². The van der Waals surface area contributed by atoms with Crippen molar-refractivity contribution in [2.45, 2.75) is 193 Å². The molecule has 0 bridgehead atoms. The van der Waals surface area contributed by atoms with Crippen LogP contribution in [0.15, 0.2) is 60.7 Å². The number of fused-ring (bicyclic) bond motifs is 17. The Morgan fingerprint density at radius 3 is 0.903 bits per heavy atom. The number of hydrogen-bond donors (Lipinski definition) is 4. The lowest BCUT2D eigenvalue weighted by Crippen LogP contribution is -2.28. The average molecular weight is 993 g/mol. The zero-order chi connectivity index (χ0) is 49.1. The van der Waals surface area contributed by atoms with Crippen LogP contribution in [0.5, 0.6) is 0 Å². The Bertz CT molecular complexity index is 3170. The van der Waals surface area contributed by atoms with E-state index in [2.05, 4.69) is 82.3 Å². The molecule has 0 heterocycles. The van der Waals surface area contributed by atoms with Crippen LogP contribution in [-0.2, 0) is 12.8 Å². The Morgan fingerprint density at radius 2 is 0.611 bits per heavy atom. The fraction of sp³-hybridized carbons (Fsp3) is 0.455. The standard InChI is InChI=1S/C66H74O4P2/c1-37-27-45-35-46-28-38(2)32-51(42-19-11-6-12-20-42)56(46)62-61(55(45)50(31-37)41-17-9-5-10-18-41)59-49-25-26-54(71(67)68)66(72(69)70)60(49)65(59)64-58-48(30-40(4)34-53(58)44-23-15-8-16-24-44)36-47-29-39(3)33-52(57(47)63(62)64)43-21-13-7-14-22-43/h25-34,41-44,67-70H,5-24,35-36H2,1-4H3. The van der Waals surface area contributed by atoms with Gasteiger partial charge in [-0.2, -0.15) is 0 Å². The largest absolute Gasteiger partial charge is 0.347 e. The van der Waals surface area contributed by atoms with Gasteiger partial charge in [0.25, 0.3) is 0 Å². The van der Waals surface area contributed by atoms with Crippen molar-refractivity contribution in [3.8, 4) is 66.8 Å². The third-order valence-corrected chi connectivity index (χ3v) is 21.0. The molecule has 0 aromatic heterocycles. The first-order valence-corrected chi connectivity index (χ1v) is 30.9. The van der Waals surface area contributed by atoms with Gasteiger partial charge < -0.3 is 19.6 Å². The van der Waals surface area contributed by atoms with E-state index in [0.717, 1.165) is 29.5 Å². The Kier molecular flexibility index (Phi) is 12.6. The van der Waals surface area contributed by atoms with Crippen LogP contribution in [0.1, 0.15) is 219 Å². The molecule has 6 aromatic rings. The fourth-order valence-corrected chi connectivity index (χ4v) is 18.1. The molecule has 4 saturated carbocycles. The van der Waals surface area contributed by atoms with Crippen molar-refractivity contribution >= 4 is 27.4 Å². The van der Waals surface area contributed by atoms with Crippen molar-refractivity contribution in [1.82, 2.24) is 0 Å². The van der Waals surface area contributed by atoms with E-state index in [-0.39, 0.29) is 5.30 Å². The topological polar surface area (TPSA) is 80.9 Å².